The summed E-state index contributed by atoms with van der Waals surface area (Å²) in [6.07, 6.45) is 0. The average Bonchev–Trinajstić information content (AvgIpc) is 3.16. The van der Waals surface area contributed by atoms with E-state index in [2.05, 4.69) is 15.0 Å². The number of carboxylic acids is 1. The molecule has 0 unspecified atom stereocenters. The Labute approximate surface area is 183 Å². The van der Waals surface area contributed by atoms with Crippen molar-refractivity contribution in [2.24, 2.45) is 0 Å². The highest BCUT2D eigenvalue weighted by Crippen LogP contribution is 2.23. The molecule has 1 aromatic carbocycles. The van der Waals surface area contributed by atoms with Crippen LogP contribution in [-0.4, -0.2) is 68.9 Å². The second kappa shape index (κ2) is 10.3. The molecule has 0 aliphatic rings. The summed E-state index contributed by atoms with van der Waals surface area (Å²) in [7, 11) is -8.84. The summed E-state index contributed by atoms with van der Waals surface area (Å²) >= 11 is 0.282. The largest absolute Gasteiger partial charge is 0.478 e. The fraction of sp³-hybridized carbons (Fsp3) is 0.231. The van der Waals surface area contributed by atoms with Crippen LogP contribution in [0, 0.1) is 10.1 Å². The summed E-state index contributed by atoms with van der Waals surface area (Å²) in [4.78, 5) is 36.1. The number of aromatic nitrogens is 2. The molecule has 0 aliphatic carbocycles. The van der Waals surface area contributed by atoms with E-state index < -0.39 is 64.6 Å². The Morgan fingerprint density at radius 1 is 1.16 bits per heavy atom. The van der Waals surface area contributed by atoms with Gasteiger partial charge in [0.1, 0.15) is 13.2 Å². The van der Waals surface area contributed by atoms with Crippen LogP contribution in [0.5, 0.6) is 0 Å². The number of carboxylic acid groups (broad SMARTS) is 1. The first kappa shape index (κ1) is 24.8. The lowest BCUT2D eigenvalue weighted by Gasteiger charge is -2.05. The van der Waals surface area contributed by atoms with Crippen molar-refractivity contribution in [3.63, 3.8) is 0 Å². The Bertz CT molecular complexity index is 1230. The highest BCUT2D eigenvalue weighted by Gasteiger charge is 2.25. The molecule has 3 N–H and O–H groups in total. The van der Waals surface area contributed by atoms with Crippen molar-refractivity contribution in [1.82, 2.24) is 14.9 Å². The smallest absolute Gasteiger partial charge is 0.335 e. The highest BCUT2D eigenvalue weighted by molar-refractivity contribution is 7.93. The molecule has 0 fully saturated rings. The number of nitrogens with zero attached hydrogens (tertiary/aromatic N) is 3. The van der Waals surface area contributed by atoms with Crippen LogP contribution in [-0.2, 0) is 34.4 Å². The van der Waals surface area contributed by atoms with Gasteiger partial charge in [-0.3, -0.25) is 9.52 Å². The first-order valence-corrected chi connectivity index (χ1v) is 11.8. The molecule has 2 aromatic rings. The molecular weight excluding hydrogens is 498 g/mol. The number of sulfonamides is 2. The standard InChI is InChI=1S/C13H13N5O11S3/c19-10(7-28-4-5-29-18(22)23)16-32(26,27)13-15-14-12(30-13)17-31(24,25)9-3-1-2-8(6-9)11(20)21/h1-3,6H,4-5,7H2,(H,14,17)(H,16,19)(H,20,21). The first-order valence-electron chi connectivity index (χ1n) is 8.01. The van der Waals surface area contributed by atoms with Crippen molar-refractivity contribution in [3.8, 4) is 0 Å². The van der Waals surface area contributed by atoms with Crippen LogP contribution in [0.2, 0.25) is 0 Å². The van der Waals surface area contributed by atoms with Crippen molar-refractivity contribution in [1.29, 1.82) is 0 Å². The van der Waals surface area contributed by atoms with Gasteiger partial charge in [-0.25, -0.2) is 17.9 Å². The van der Waals surface area contributed by atoms with Crippen LogP contribution in [0.4, 0.5) is 5.13 Å². The third kappa shape index (κ3) is 7.08. The van der Waals surface area contributed by atoms with E-state index in [1.54, 1.807) is 4.72 Å². The van der Waals surface area contributed by atoms with Crippen LogP contribution >= 0.6 is 11.3 Å². The normalized spacial score (nSPS) is 11.5. The Morgan fingerprint density at radius 3 is 2.53 bits per heavy atom. The van der Waals surface area contributed by atoms with Gasteiger partial charge < -0.3 is 14.7 Å². The van der Waals surface area contributed by atoms with Gasteiger partial charge in [-0.15, -0.1) is 20.3 Å². The Balaban J connectivity index is 2.01. The summed E-state index contributed by atoms with van der Waals surface area (Å²) in [6, 6.07) is 4.39. The molecule has 32 heavy (non-hydrogen) atoms. The molecule has 19 heteroatoms. The zero-order valence-electron chi connectivity index (χ0n) is 15.5. The second-order valence-electron chi connectivity index (χ2n) is 5.45. The number of benzene rings is 1. The summed E-state index contributed by atoms with van der Waals surface area (Å²) in [5.74, 6) is -2.48. The molecule has 174 valence electrons. The van der Waals surface area contributed by atoms with Crippen molar-refractivity contribution in [2.75, 3.05) is 24.5 Å². The Morgan fingerprint density at radius 2 is 1.88 bits per heavy atom. The van der Waals surface area contributed by atoms with Crippen LogP contribution in [0.25, 0.3) is 0 Å². The molecule has 0 aliphatic heterocycles. The third-order valence-electron chi connectivity index (χ3n) is 3.16. The molecule has 0 saturated carbocycles. The molecule has 16 nitrogen and oxygen atoms in total. The van der Waals surface area contributed by atoms with Gasteiger partial charge in [-0.2, -0.15) is 8.42 Å². The molecule has 0 atom stereocenters. The second-order valence-corrected chi connectivity index (χ2v) is 9.97. The average molecular weight is 511 g/mol. The lowest BCUT2D eigenvalue weighted by Crippen LogP contribution is -2.33. The van der Waals surface area contributed by atoms with Gasteiger partial charge in [0, 0.05) is 0 Å². The SMILES string of the molecule is O=C(COCCO[N+](=O)[O-])NS(=O)(=O)c1nnc(NS(=O)(=O)c2cccc(C(=O)O)c2)s1. The molecular formula is C13H13N5O11S3. The predicted octanol–water partition coefficient (Wildman–Crippen LogP) is -0.933. The fourth-order valence-corrected chi connectivity index (χ4v) is 5.04. The molecule has 1 aromatic heterocycles. The number of hydrogen-bond acceptors (Lipinski definition) is 13. The number of hydrogen-bond donors (Lipinski definition) is 3. The summed E-state index contributed by atoms with van der Waals surface area (Å²) in [5.41, 5.74) is -0.289. The van der Waals surface area contributed by atoms with Crippen LogP contribution < -0.4 is 9.44 Å². The van der Waals surface area contributed by atoms with Gasteiger partial charge in [-0.1, -0.05) is 17.4 Å². The van der Waals surface area contributed by atoms with E-state index in [1.807, 2.05) is 4.72 Å². The maximum absolute atomic E-state index is 12.4. The molecule has 1 amide bonds. The maximum Gasteiger partial charge on any atom is 0.335 e. The number of rotatable bonds is 12. The van der Waals surface area contributed by atoms with Crippen LogP contribution in [0.1, 0.15) is 10.4 Å². The quantitative estimate of drug-likeness (QED) is 0.178. The number of amides is 1. The number of aromatic carboxylic acids is 1. The highest BCUT2D eigenvalue weighted by atomic mass is 32.2. The van der Waals surface area contributed by atoms with E-state index in [1.165, 1.54) is 12.1 Å². The molecule has 1 heterocycles. The van der Waals surface area contributed by atoms with Crippen LogP contribution in [0.3, 0.4) is 0 Å². The minimum atomic E-state index is -4.52. The molecule has 0 bridgehead atoms. The Hall–Kier alpha value is -3.42. The minimum absolute atomic E-state index is 0.282. The number of nitrogens with one attached hydrogen (secondary N) is 2. The molecule has 0 spiro atoms. The number of carbonyl (C=O) groups excluding carboxylic acids is 1. The lowest BCUT2D eigenvalue weighted by atomic mass is 10.2. The number of carbonyl (C=O) groups is 2. The molecule has 0 saturated heterocycles. The van der Waals surface area contributed by atoms with Gasteiger partial charge in [0.25, 0.3) is 35.4 Å². The van der Waals surface area contributed by atoms with E-state index >= 15 is 0 Å². The first-order chi connectivity index (χ1) is 14.9. The van der Waals surface area contributed by atoms with Gasteiger partial charge in [-0.05, 0) is 18.2 Å². The zero-order chi connectivity index (χ0) is 23.9. The van der Waals surface area contributed by atoms with E-state index in [0.29, 0.717) is 0 Å². The summed E-state index contributed by atoms with van der Waals surface area (Å²) in [5, 5.41) is 24.0. The van der Waals surface area contributed by atoms with Gasteiger partial charge >= 0.3 is 5.97 Å². The summed E-state index contributed by atoms with van der Waals surface area (Å²) in [6.45, 7) is -1.59. The van der Waals surface area contributed by atoms with E-state index in [0.717, 1.165) is 12.1 Å². The fourth-order valence-electron chi connectivity index (χ4n) is 1.89. The zero-order valence-corrected chi connectivity index (χ0v) is 18.0. The van der Waals surface area contributed by atoms with Gasteiger partial charge in [0.15, 0.2) is 0 Å². The number of anilines is 1. The van der Waals surface area contributed by atoms with Crippen molar-refractivity contribution in [3.05, 3.63) is 39.9 Å². The van der Waals surface area contributed by atoms with E-state index in [4.69, 9.17) is 9.84 Å². The van der Waals surface area contributed by atoms with Crippen LogP contribution in [0.15, 0.2) is 33.5 Å². The predicted molar refractivity (Wildman–Crippen MR) is 103 cm³/mol. The topological polar surface area (TPSA) is 234 Å². The number of ether oxygens (including phenoxy) is 1. The van der Waals surface area contributed by atoms with Gasteiger partial charge in [0.2, 0.25) is 5.13 Å². The van der Waals surface area contributed by atoms with Crippen molar-refractivity contribution in [2.45, 2.75) is 9.24 Å². The van der Waals surface area contributed by atoms with Crippen molar-refractivity contribution < 1.29 is 46.2 Å². The monoisotopic (exact) mass is 511 g/mol. The minimum Gasteiger partial charge on any atom is -0.478 e. The summed E-state index contributed by atoms with van der Waals surface area (Å²) < 4.78 is 56.6. The van der Waals surface area contributed by atoms with E-state index in [9.17, 15) is 36.5 Å². The maximum atomic E-state index is 12.4. The molecule has 2 rings (SSSR count). The van der Waals surface area contributed by atoms with Gasteiger partial charge in [0.05, 0.1) is 17.1 Å². The lowest BCUT2D eigenvalue weighted by molar-refractivity contribution is -0.758. The van der Waals surface area contributed by atoms with E-state index in [-0.39, 0.29) is 23.5 Å². The van der Waals surface area contributed by atoms with Crippen molar-refractivity contribution >= 4 is 48.4 Å². The Kier molecular flexibility index (Phi) is 7.97. The third-order valence-corrected chi connectivity index (χ3v) is 7.20. The molecule has 0 radical (unpaired) electrons.